The lowest BCUT2D eigenvalue weighted by Gasteiger charge is -1.98. The van der Waals surface area contributed by atoms with E-state index in [-0.39, 0.29) is 0 Å². The monoisotopic (exact) mass is 194 g/mol. The van der Waals surface area contributed by atoms with Gasteiger partial charge in [0.25, 0.3) is 5.91 Å². The molecule has 1 heterocycles. The number of amides is 1. The zero-order chi connectivity index (χ0) is 9.35. The molecule has 1 amide bonds. The van der Waals surface area contributed by atoms with Crippen LogP contribution in [0, 0.1) is 0 Å². The molecule has 7 nitrogen and oxygen atoms in total. The van der Waals surface area contributed by atoms with Crippen LogP contribution >= 0.6 is 0 Å². The van der Waals surface area contributed by atoms with Gasteiger partial charge in [-0.25, -0.2) is 4.72 Å². The van der Waals surface area contributed by atoms with Crippen LogP contribution in [0.5, 0.6) is 0 Å². The maximum atomic E-state index is 10.7. The average molecular weight is 194 g/mol. The number of carbonyl (C=O) groups excluding carboxylic acids is 1. The van der Waals surface area contributed by atoms with E-state index >= 15 is 0 Å². The minimum Gasteiger partial charge on any atom is -0.481 e. The zero-order valence-corrected chi connectivity index (χ0v) is 6.59. The first-order valence-electron chi connectivity index (χ1n) is 2.96. The number of carboxylic acids is 1. The third-order valence-corrected chi connectivity index (χ3v) is 2.29. The highest BCUT2D eigenvalue weighted by Gasteiger charge is 2.35. The van der Waals surface area contributed by atoms with Crippen molar-refractivity contribution in [1.82, 2.24) is 9.44 Å². The quantitative estimate of drug-likeness (QED) is 0.461. The number of nitrogens with one attached hydrogen (secondary N) is 2. The van der Waals surface area contributed by atoms with Gasteiger partial charge in [-0.2, -0.15) is 13.1 Å². The maximum absolute atomic E-state index is 10.7. The van der Waals surface area contributed by atoms with Crippen molar-refractivity contribution in [3.05, 3.63) is 0 Å². The summed E-state index contributed by atoms with van der Waals surface area (Å²) >= 11 is 0. The van der Waals surface area contributed by atoms with Crippen molar-refractivity contribution >= 4 is 22.1 Å². The van der Waals surface area contributed by atoms with Crippen LogP contribution in [0.25, 0.3) is 0 Å². The molecule has 0 aromatic heterocycles. The summed E-state index contributed by atoms with van der Waals surface area (Å²) in [5.74, 6) is -2.07. The van der Waals surface area contributed by atoms with E-state index in [1.54, 1.807) is 4.72 Å². The van der Waals surface area contributed by atoms with Gasteiger partial charge < -0.3 is 5.11 Å². The number of hydrogen-bond donors (Lipinski definition) is 3. The van der Waals surface area contributed by atoms with Crippen LogP contribution in [0.1, 0.15) is 6.42 Å². The summed E-state index contributed by atoms with van der Waals surface area (Å²) in [6.07, 6.45) is -0.551. The molecule has 0 spiro atoms. The van der Waals surface area contributed by atoms with Crippen LogP contribution in [0.4, 0.5) is 0 Å². The fraction of sp³-hybridized carbons (Fsp3) is 0.500. The summed E-state index contributed by atoms with van der Waals surface area (Å²) in [6.45, 7) is 0. The molecule has 0 bridgehead atoms. The molecule has 68 valence electrons. The molecule has 8 heteroatoms. The van der Waals surface area contributed by atoms with Crippen molar-refractivity contribution in [2.24, 2.45) is 0 Å². The van der Waals surface area contributed by atoms with E-state index in [0.717, 1.165) is 0 Å². The van der Waals surface area contributed by atoms with Gasteiger partial charge in [-0.15, -0.1) is 0 Å². The van der Waals surface area contributed by atoms with Gasteiger partial charge in [0.2, 0.25) is 0 Å². The molecule has 1 aliphatic heterocycles. The smallest absolute Gasteiger partial charge is 0.305 e. The van der Waals surface area contributed by atoms with Gasteiger partial charge in [0.1, 0.15) is 6.04 Å². The molecular formula is C4H6N2O5S. The highest BCUT2D eigenvalue weighted by Crippen LogP contribution is 2.01. The Morgan fingerprint density at radius 1 is 1.58 bits per heavy atom. The summed E-state index contributed by atoms with van der Waals surface area (Å²) in [4.78, 5) is 20.8. The second-order valence-electron chi connectivity index (χ2n) is 2.24. The summed E-state index contributed by atoms with van der Waals surface area (Å²) in [7, 11) is -3.80. The van der Waals surface area contributed by atoms with Crippen molar-refractivity contribution < 1.29 is 23.1 Å². The number of carboxylic acid groups (broad SMARTS) is 1. The van der Waals surface area contributed by atoms with Crippen molar-refractivity contribution in [2.75, 3.05) is 0 Å². The summed E-state index contributed by atoms with van der Waals surface area (Å²) < 4.78 is 24.6. The predicted molar refractivity (Wildman–Crippen MR) is 36.2 cm³/mol. The molecule has 1 rings (SSSR count). The summed E-state index contributed by atoms with van der Waals surface area (Å²) in [6, 6.07) is -1.19. The highest BCUT2D eigenvalue weighted by molar-refractivity contribution is 7.88. The first-order valence-corrected chi connectivity index (χ1v) is 4.45. The van der Waals surface area contributed by atoms with E-state index in [1.165, 1.54) is 0 Å². The number of rotatable bonds is 2. The van der Waals surface area contributed by atoms with Crippen LogP contribution in [-0.4, -0.2) is 31.4 Å². The van der Waals surface area contributed by atoms with Crippen LogP contribution in [-0.2, 0) is 19.8 Å². The molecule has 0 aromatic rings. The maximum Gasteiger partial charge on any atom is 0.305 e. The Balaban J connectivity index is 2.71. The Morgan fingerprint density at radius 3 is 2.50 bits per heavy atom. The fourth-order valence-electron chi connectivity index (χ4n) is 0.783. The minimum atomic E-state index is -3.80. The molecular weight excluding hydrogens is 188 g/mol. The molecule has 0 aliphatic carbocycles. The lowest BCUT2D eigenvalue weighted by molar-refractivity contribution is -0.139. The third kappa shape index (κ3) is 1.92. The van der Waals surface area contributed by atoms with E-state index in [2.05, 4.69) is 0 Å². The van der Waals surface area contributed by atoms with Crippen LogP contribution in [0.3, 0.4) is 0 Å². The first-order chi connectivity index (χ1) is 5.41. The Kier molecular flexibility index (Phi) is 2.02. The highest BCUT2D eigenvalue weighted by atomic mass is 32.2. The fourth-order valence-corrected chi connectivity index (χ4v) is 1.81. The van der Waals surface area contributed by atoms with E-state index in [4.69, 9.17) is 5.11 Å². The standard InChI is InChI=1S/C4H6N2O5S/c7-3(8)1-2-4(9)6-12(10,11)5-2/h2,5H,1H2,(H,6,9)(H,7,8). The predicted octanol–water partition coefficient (Wildman–Crippen LogP) is -2.21. The zero-order valence-electron chi connectivity index (χ0n) is 5.77. The number of aliphatic carboxylic acids is 1. The van der Waals surface area contributed by atoms with Gasteiger partial charge in [0.05, 0.1) is 6.42 Å². The molecule has 1 fully saturated rings. The molecule has 12 heavy (non-hydrogen) atoms. The topological polar surface area (TPSA) is 113 Å². The van der Waals surface area contributed by atoms with Crippen molar-refractivity contribution in [3.63, 3.8) is 0 Å². The molecule has 1 unspecified atom stereocenters. The normalized spacial score (nSPS) is 26.7. The molecule has 3 N–H and O–H groups in total. The van der Waals surface area contributed by atoms with E-state index in [9.17, 15) is 18.0 Å². The molecule has 0 saturated carbocycles. The van der Waals surface area contributed by atoms with Gasteiger partial charge in [0, 0.05) is 0 Å². The van der Waals surface area contributed by atoms with Crippen molar-refractivity contribution in [1.29, 1.82) is 0 Å². The van der Waals surface area contributed by atoms with E-state index in [0.29, 0.717) is 0 Å². The molecule has 1 atom stereocenters. The van der Waals surface area contributed by atoms with Gasteiger partial charge in [-0.05, 0) is 0 Å². The third-order valence-electron chi connectivity index (χ3n) is 1.23. The van der Waals surface area contributed by atoms with Gasteiger partial charge >= 0.3 is 16.2 Å². The number of carbonyl (C=O) groups is 2. The average Bonchev–Trinajstić information content (AvgIpc) is 2.03. The first kappa shape index (κ1) is 8.94. The summed E-state index contributed by atoms with van der Waals surface area (Å²) in [5, 5.41) is 8.25. The largest absolute Gasteiger partial charge is 0.481 e. The number of hydrogen-bond acceptors (Lipinski definition) is 4. The second-order valence-corrected chi connectivity index (χ2v) is 3.68. The molecule has 0 aromatic carbocycles. The van der Waals surface area contributed by atoms with Gasteiger partial charge in [0.15, 0.2) is 0 Å². The Labute approximate surface area is 67.9 Å². The second kappa shape index (κ2) is 2.72. The Morgan fingerprint density at radius 2 is 2.17 bits per heavy atom. The van der Waals surface area contributed by atoms with Crippen LogP contribution in [0.2, 0.25) is 0 Å². The van der Waals surface area contributed by atoms with Crippen LogP contribution < -0.4 is 9.44 Å². The summed E-state index contributed by atoms with van der Waals surface area (Å²) in [5.41, 5.74) is 0. The van der Waals surface area contributed by atoms with Crippen molar-refractivity contribution in [3.8, 4) is 0 Å². The molecule has 1 aliphatic rings. The Hall–Kier alpha value is -1.15. The molecule has 1 saturated heterocycles. The van der Waals surface area contributed by atoms with E-state index < -0.39 is 34.5 Å². The lowest BCUT2D eigenvalue weighted by Crippen LogP contribution is -2.31. The van der Waals surface area contributed by atoms with E-state index in [1.807, 2.05) is 4.72 Å². The van der Waals surface area contributed by atoms with Gasteiger partial charge in [-0.3, -0.25) is 9.59 Å². The Bertz CT molecular complexity index is 320. The van der Waals surface area contributed by atoms with Crippen molar-refractivity contribution in [2.45, 2.75) is 12.5 Å². The molecule has 0 radical (unpaired) electrons. The van der Waals surface area contributed by atoms with Crippen LogP contribution in [0.15, 0.2) is 0 Å². The SMILES string of the molecule is O=C(O)CC1NS(=O)(=O)NC1=O. The van der Waals surface area contributed by atoms with Gasteiger partial charge in [-0.1, -0.05) is 0 Å². The lowest BCUT2D eigenvalue weighted by atomic mass is 10.2. The minimum absolute atomic E-state index is 0.551.